The Morgan fingerprint density at radius 2 is 2.00 bits per heavy atom. The Kier molecular flexibility index (Phi) is 3.95. The van der Waals surface area contributed by atoms with Crippen LogP contribution in [0.25, 0.3) is 16.9 Å². The van der Waals surface area contributed by atoms with E-state index >= 15 is 0 Å². The Labute approximate surface area is 151 Å². The highest BCUT2D eigenvalue weighted by atomic mass is 16.1. The molecule has 0 aliphatic rings. The summed E-state index contributed by atoms with van der Waals surface area (Å²) < 4.78 is 3.43. The monoisotopic (exact) mass is 347 g/mol. The maximum Gasteiger partial charge on any atom is 0.272 e. The number of nitrogens with zero attached hydrogens (tertiary/aromatic N) is 4. The van der Waals surface area contributed by atoms with Crippen molar-refractivity contribution >= 4 is 5.65 Å². The molecule has 4 aromatic rings. The van der Waals surface area contributed by atoms with Crippen LogP contribution in [-0.2, 0) is 6.54 Å². The molecule has 0 radical (unpaired) electrons. The summed E-state index contributed by atoms with van der Waals surface area (Å²) in [5.41, 5.74) is 5.49. The normalized spacial score (nSPS) is 12.6. The van der Waals surface area contributed by atoms with Crippen molar-refractivity contribution < 1.29 is 0 Å². The van der Waals surface area contributed by atoms with Gasteiger partial charge in [0.1, 0.15) is 0 Å². The minimum Gasteiger partial charge on any atom is -0.289 e. The van der Waals surface area contributed by atoms with Gasteiger partial charge in [0.2, 0.25) is 0 Å². The van der Waals surface area contributed by atoms with Crippen LogP contribution in [0.1, 0.15) is 29.8 Å². The van der Waals surface area contributed by atoms with Gasteiger partial charge in [-0.1, -0.05) is 30.7 Å². The van der Waals surface area contributed by atoms with Crippen LogP contribution in [0.2, 0.25) is 0 Å². The molecule has 4 rings (SSSR count). The van der Waals surface area contributed by atoms with Gasteiger partial charge >= 0.3 is 0 Å². The summed E-state index contributed by atoms with van der Waals surface area (Å²) >= 11 is 0. The van der Waals surface area contributed by atoms with Crippen molar-refractivity contribution in [1.82, 2.24) is 24.4 Å². The molecule has 1 N–H and O–H groups in total. The van der Waals surface area contributed by atoms with Gasteiger partial charge in [0.15, 0.2) is 5.65 Å². The largest absolute Gasteiger partial charge is 0.289 e. The summed E-state index contributed by atoms with van der Waals surface area (Å²) in [5.74, 6) is 0.0867. The summed E-state index contributed by atoms with van der Waals surface area (Å²) in [5, 5.41) is 7.47. The molecule has 0 aliphatic heterocycles. The van der Waals surface area contributed by atoms with Crippen molar-refractivity contribution in [3.63, 3.8) is 0 Å². The molecule has 0 bridgehead atoms. The fourth-order valence-electron chi connectivity index (χ4n) is 3.17. The highest BCUT2D eigenvalue weighted by Crippen LogP contribution is 2.21. The van der Waals surface area contributed by atoms with E-state index in [9.17, 15) is 4.79 Å². The molecule has 3 heterocycles. The number of hydrogen-bond donors (Lipinski definition) is 1. The third-order valence-corrected chi connectivity index (χ3v) is 4.68. The van der Waals surface area contributed by atoms with E-state index in [1.807, 2.05) is 48.9 Å². The Balaban J connectivity index is 1.72. The summed E-state index contributed by atoms with van der Waals surface area (Å²) in [6.45, 7) is 6.82. The van der Waals surface area contributed by atoms with Gasteiger partial charge in [-0.3, -0.25) is 14.6 Å². The van der Waals surface area contributed by atoms with Gasteiger partial charge < -0.3 is 0 Å². The zero-order valence-corrected chi connectivity index (χ0v) is 15.1. The molecule has 0 aliphatic carbocycles. The topological polar surface area (TPSA) is 68.0 Å². The lowest BCUT2D eigenvalue weighted by Crippen LogP contribution is -2.18. The van der Waals surface area contributed by atoms with Crippen molar-refractivity contribution in [2.45, 2.75) is 33.2 Å². The van der Waals surface area contributed by atoms with Crippen LogP contribution in [0.5, 0.6) is 0 Å². The Morgan fingerprint density at radius 3 is 2.73 bits per heavy atom. The second-order valence-electron chi connectivity index (χ2n) is 6.81. The number of hydrogen-bond acceptors (Lipinski definition) is 3. The number of aromatic nitrogens is 5. The van der Waals surface area contributed by atoms with Crippen molar-refractivity contribution in [3.8, 4) is 11.3 Å². The van der Waals surface area contributed by atoms with Crippen LogP contribution in [0.4, 0.5) is 0 Å². The number of nitrogens with one attached hydrogen (secondary N) is 1. The van der Waals surface area contributed by atoms with E-state index in [2.05, 4.69) is 23.2 Å². The molecule has 0 spiro atoms. The Hall–Kier alpha value is -3.15. The standard InChI is InChI=1S/C20H21N5O/c1-13-5-4-6-16(9-13)18-10-19-22-17(11-20(26)25(19)23-18)14(2)12-24-15(3)7-8-21-24/h4-11,14,23H,12H2,1-3H3/t14-/m0/s1. The predicted octanol–water partition coefficient (Wildman–Crippen LogP) is 3.31. The maximum atomic E-state index is 12.6. The lowest BCUT2D eigenvalue weighted by Gasteiger charge is -2.12. The minimum atomic E-state index is -0.104. The molecule has 0 amide bonds. The molecule has 1 atom stereocenters. The first kappa shape index (κ1) is 16.3. The molecular formula is C20H21N5O. The van der Waals surface area contributed by atoms with Gasteiger partial charge in [-0.25, -0.2) is 9.50 Å². The van der Waals surface area contributed by atoms with Crippen molar-refractivity contribution in [2.75, 3.05) is 0 Å². The van der Waals surface area contributed by atoms with Gasteiger partial charge in [0.05, 0.1) is 11.4 Å². The van der Waals surface area contributed by atoms with Gasteiger partial charge in [0, 0.05) is 36.5 Å². The van der Waals surface area contributed by atoms with Gasteiger partial charge in [-0.05, 0) is 31.5 Å². The van der Waals surface area contributed by atoms with Gasteiger partial charge in [0.25, 0.3) is 5.56 Å². The summed E-state index contributed by atoms with van der Waals surface area (Å²) in [4.78, 5) is 17.3. The Bertz CT molecular complexity index is 1130. The highest BCUT2D eigenvalue weighted by molar-refractivity contribution is 5.64. The number of H-pyrrole nitrogens is 1. The van der Waals surface area contributed by atoms with Crippen LogP contribution in [0, 0.1) is 13.8 Å². The van der Waals surface area contributed by atoms with Crippen molar-refractivity contribution in [2.24, 2.45) is 0 Å². The van der Waals surface area contributed by atoms with E-state index in [1.54, 1.807) is 12.3 Å². The SMILES string of the molecule is Cc1cccc(-c2cc3nc([C@@H](C)Cn4nccc4C)cc(=O)n3[nH]2)c1. The smallest absolute Gasteiger partial charge is 0.272 e. The third kappa shape index (κ3) is 2.94. The molecule has 26 heavy (non-hydrogen) atoms. The fraction of sp³-hybridized carbons (Fsp3) is 0.250. The highest BCUT2D eigenvalue weighted by Gasteiger charge is 2.14. The van der Waals surface area contributed by atoms with Crippen molar-refractivity contribution in [1.29, 1.82) is 0 Å². The van der Waals surface area contributed by atoms with Crippen LogP contribution in [0.3, 0.4) is 0 Å². The molecule has 132 valence electrons. The molecule has 1 aromatic carbocycles. The third-order valence-electron chi connectivity index (χ3n) is 4.68. The summed E-state index contributed by atoms with van der Waals surface area (Å²) in [6.07, 6.45) is 1.79. The number of aromatic amines is 1. The van der Waals surface area contributed by atoms with E-state index in [0.717, 1.165) is 22.6 Å². The lowest BCUT2D eigenvalue weighted by molar-refractivity contribution is 0.523. The minimum absolute atomic E-state index is 0.0867. The fourth-order valence-corrected chi connectivity index (χ4v) is 3.17. The van der Waals surface area contributed by atoms with Crippen LogP contribution in [-0.4, -0.2) is 24.4 Å². The van der Waals surface area contributed by atoms with Gasteiger partial charge in [-0.15, -0.1) is 0 Å². The van der Waals surface area contributed by atoms with Crippen LogP contribution in [0.15, 0.2) is 53.5 Å². The summed E-state index contributed by atoms with van der Waals surface area (Å²) in [6, 6.07) is 13.7. The first-order valence-electron chi connectivity index (χ1n) is 8.69. The average Bonchev–Trinajstić information content (AvgIpc) is 3.22. The zero-order chi connectivity index (χ0) is 18.3. The first-order valence-corrected chi connectivity index (χ1v) is 8.69. The van der Waals surface area contributed by atoms with Crippen molar-refractivity contribution in [3.05, 3.63) is 76.0 Å². The summed E-state index contributed by atoms with van der Waals surface area (Å²) in [7, 11) is 0. The second kappa shape index (κ2) is 6.29. The molecule has 0 fully saturated rings. The van der Waals surface area contributed by atoms with Crippen LogP contribution < -0.4 is 5.56 Å². The molecule has 3 aromatic heterocycles. The number of fused-ring (bicyclic) bond motifs is 1. The molecule has 6 heteroatoms. The van der Waals surface area contributed by atoms with E-state index in [4.69, 9.17) is 4.98 Å². The predicted molar refractivity (Wildman–Crippen MR) is 101 cm³/mol. The van der Waals surface area contributed by atoms with Gasteiger partial charge in [-0.2, -0.15) is 5.10 Å². The molecule has 0 unspecified atom stereocenters. The van der Waals surface area contributed by atoms with E-state index in [0.29, 0.717) is 12.2 Å². The second-order valence-corrected chi connectivity index (χ2v) is 6.81. The number of benzene rings is 1. The molecular weight excluding hydrogens is 326 g/mol. The Morgan fingerprint density at radius 1 is 1.15 bits per heavy atom. The zero-order valence-electron chi connectivity index (χ0n) is 15.1. The first-order chi connectivity index (χ1) is 12.5. The maximum absolute atomic E-state index is 12.6. The molecule has 0 saturated carbocycles. The van der Waals surface area contributed by atoms with Crippen LogP contribution >= 0.6 is 0 Å². The molecule has 0 saturated heterocycles. The van der Waals surface area contributed by atoms with E-state index < -0.39 is 0 Å². The lowest BCUT2D eigenvalue weighted by atomic mass is 10.1. The molecule has 6 nitrogen and oxygen atoms in total. The quantitative estimate of drug-likeness (QED) is 0.616. The van der Waals surface area contributed by atoms with E-state index in [-0.39, 0.29) is 11.5 Å². The number of aryl methyl sites for hydroxylation is 2. The van der Waals surface area contributed by atoms with E-state index in [1.165, 1.54) is 10.1 Å². The average molecular weight is 347 g/mol. The number of rotatable bonds is 4.